The molecule has 0 radical (unpaired) electrons. The molecule has 0 aliphatic rings. The number of aryl methyl sites for hydroxylation is 4. The van der Waals surface area contributed by atoms with Crippen molar-refractivity contribution in [1.82, 2.24) is 0 Å². The fourth-order valence-electron chi connectivity index (χ4n) is 6.81. The Labute approximate surface area is 320 Å². The van der Waals surface area contributed by atoms with Gasteiger partial charge in [-0.15, -0.1) is 0 Å². The van der Waals surface area contributed by atoms with Gasteiger partial charge in [0.2, 0.25) is 0 Å². The summed E-state index contributed by atoms with van der Waals surface area (Å²) in [5, 5.41) is 5.59. The van der Waals surface area contributed by atoms with Gasteiger partial charge < -0.3 is 0 Å². The lowest BCUT2D eigenvalue weighted by Crippen LogP contribution is -2.03. The molecular weight excluding hydrogens is 625 g/mol. The first-order valence-corrected chi connectivity index (χ1v) is 20.1. The van der Waals surface area contributed by atoms with E-state index in [9.17, 15) is 0 Å². The van der Waals surface area contributed by atoms with Crippen molar-refractivity contribution in [3.05, 3.63) is 163 Å². The van der Waals surface area contributed by atoms with Crippen molar-refractivity contribution >= 4 is 21.5 Å². The molecule has 0 saturated carbocycles. The maximum absolute atomic E-state index is 2.29. The molecule has 6 aromatic rings. The highest BCUT2D eigenvalue weighted by Gasteiger charge is 2.17. The van der Waals surface area contributed by atoms with Crippen LogP contribution in [0.2, 0.25) is 0 Å². The summed E-state index contributed by atoms with van der Waals surface area (Å²) in [5.74, 6) is 0. The van der Waals surface area contributed by atoms with E-state index in [4.69, 9.17) is 0 Å². The van der Waals surface area contributed by atoms with E-state index in [0.29, 0.717) is 0 Å². The molecule has 0 aliphatic carbocycles. The minimum absolute atomic E-state index is 0.987. The molecule has 280 valence electrons. The molecule has 6 rings (SSSR count). The monoisotopic (exact) mass is 697 g/mol. The van der Waals surface area contributed by atoms with Crippen molar-refractivity contribution in [2.75, 3.05) is 0 Å². The summed E-state index contributed by atoms with van der Waals surface area (Å²) in [6.45, 7) is 38.4. The van der Waals surface area contributed by atoms with Crippen LogP contribution in [-0.4, -0.2) is 0 Å². The van der Waals surface area contributed by atoms with Crippen molar-refractivity contribution in [1.29, 1.82) is 0 Å². The van der Waals surface area contributed by atoms with Gasteiger partial charge >= 0.3 is 0 Å². The molecule has 0 amide bonds. The van der Waals surface area contributed by atoms with E-state index < -0.39 is 0 Å². The highest BCUT2D eigenvalue weighted by atomic mass is 14.2. The van der Waals surface area contributed by atoms with Crippen molar-refractivity contribution in [2.24, 2.45) is 0 Å². The molecule has 0 saturated heterocycles. The van der Waals surface area contributed by atoms with Crippen LogP contribution in [0.3, 0.4) is 0 Å². The molecule has 0 spiro atoms. The van der Waals surface area contributed by atoms with E-state index in [1.54, 1.807) is 0 Å². The van der Waals surface area contributed by atoms with Crippen LogP contribution in [0, 0.1) is 69.2 Å². The summed E-state index contributed by atoms with van der Waals surface area (Å²) in [7, 11) is 0. The molecule has 0 fully saturated rings. The summed E-state index contributed by atoms with van der Waals surface area (Å²) >= 11 is 0. The van der Waals surface area contributed by atoms with Gasteiger partial charge in [-0.2, -0.15) is 0 Å². The van der Waals surface area contributed by atoms with Gasteiger partial charge in [-0.3, -0.25) is 0 Å². The first-order valence-electron chi connectivity index (χ1n) is 20.1. The summed E-state index contributed by atoms with van der Waals surface area (Å²) in [6.07, 6.45) is 2.03. The Hall–Kier alpha value is -4.16. The highest BCUT2D eigenvalue weighted by molar-refractivity contribution is 5.94. The second kappa shape index (κ2) is 22.7. The van der Waals surface area contributed by atoms with Gasteiger partial charge in [-0.25, -0.2) is 0 Å². The zero-order valence-corrected chi connectivity index (χ0v) is 36.5. The Morgan fingerprint density at radius 2 is 0.577 bits per heavy atom. The van der Waals surface area contributed by atoms with Crippen molar-refractivity contribution in [3.63, 3.8) is 0 Å². The van der Waals surface area contributed by atoms with Crippen LogP contribution in [0.15, 0.2) is 84.9 Å². The van der Waals surface area contributed by atoms with Gasteiger partial charge in [0.05, 0.1) is 0 Å². The normalized spacial score (nSPS) is 9.88. The zero-order chi connectivity index (χ0) is 39.7. The third kappa shape index (κ3) is 10.5. The minimum Gasteiger partial charge on any atom is -0.0683 e. The molecule has 0 bridgehead atoms. The lowest BCUT2D eigenvalue weighted by Gasteiger charge is -2.21. The van der Waals surface area contributed by atoms with Crippen LogP contribution in [-0.2, 0) is 12.8 Å². The maximum Gasteiger partial charge on any atom is -0.000799 e. The van der Waals surface area contributed by atoms with Crippen LogP contribution in [0.4, 0.5) is 0 Å². The van der Waals surface area contributed by atoms with E-state index in [1.165, 1.54) is 99.4 Å². The first-order chi connectivity index (χ1) is 25.0. The van der Waals surface area contributed by atoms with Crippen LogP contribution in [0.5, 0.6) is 0 Å². The average molecular weight is 697 g/mol. The Morgan fingerprint density at radius 3 is 0.904 bits per heavy atom. The van der Waals surface area contributed by atoms with Crippen molar-refractivity contribution in [2.45, 2.75) is 137 Å². The quantitative estimate of drug-likeness (QED) is 0.172. The fourth-order valence-corrected chi connectivity index (χ4v) is 6.81. The molecule has 0 atom stereocenters. The standard InChI is InChI=1S/C27H28.C17H20.4C2H6/c1-16-18(3)22-11-7-9-13-24(22)26(20(16)5)15-27-21(6)17(2)19(4)23-12-8-10-14-25(23)27;1-12-7-5-9-16(14(12)3)11-17-10-6-8-13(2)15(17)4;4*1-2/h7-14H,15H2,1-6H3;5-10H,11H2,1-4H3;4*1-2H3. The number of hydrogen-bond donors (Lipinski definition) is 0. The molecular formula is C52H72. The molecule has 0 aromatic heterocycles. The minimum atomic E-state index is 0.987. The molecule has 0 aliphatic heterocycles. The predicted octanol–water partition coefficient (Wildman–Crippen LogP) is 16.1. The number of hydrogen-bond acceptors (Lipinski definition) is 0. The van der Waals surface area contributed by atoms with Gasteiger partial charge in [-0.1, -0.05) is 140 Å². The SMILES string of the molecule is CC.CC.CC.CC.Cc1c(C)c(Cc2c(C)c(C)c(C)c3ccccc23)c2ccccc2c1C.Cc1cccc(Cc2cccc(C)c2C)c1C. The maximum atomic E-state index is 2.29. The smallest absolute Gasteiger partial charge is 0.000799 e. The number of fused-ring (bicyclic) bond motifs is 2. The molecule has 0 heterocycles. The first kappa shape index (κ1) is 45.9. The van der Waals surface area contributed by atoms with Crippen molar-refractivity contribution < 1.29 is 0 Å². The lowest BCUT2D eigenvalue weighted by atomic mass is 9.84. The Balaban J connectivity index is 0.000000467. The largest absolute Gasteiger partial charge is 0.0683 e. The van der Waals surface area contributed by atoms with Gasteiger partial charge in [-0.05, 0) is 182 Å². The molecule has 6 aromatic carbocycles. The number of benzene rings is 6. The van der Waals surface area contributed by atoms with E-state index in [0.717, 1.165) is 12.8 Å². The summed E-state index contributed by atoms with van der Waals surface area (Å²) in [6, 6.07) is 30.9. The highest BCUT2D eigenvalue weighted by Crippen LogP contribution is 2.35. The summed E-state index contributed by atoms with van der Waals surface area (Å²) in [4.78, 5) is 0. The van der Waals surface area contributed by atoms with E-state index in [1.807, 2.05) is 55.4 Å². The third-order valence-electron chi connectivity index (χ3n) is 10.6. The fraction of sp³-hybridized carbons (Fsp3) is 0.385. The van der Waals surface area contributed by atoms with Gasteiger partial charge in [0.25, 0.3) is 0 Å². The second-order valence-corrected chi connectivity index (χ2v) is 12.9. The van der Waals surface area contributed by atoms with Crippen LogP contribution < -0.4 is 0 Å². The zero-order valence-electron chi connectivity index (χ0n) is 36.5. The van der Waals surface area contributed by atoms with Gasteiger partial charge in [0.1, 0.15) is 0 Å². The van der Waals surface area contributed by atoms with E-state index in [-0.39, 0.29) is 0 Å². The van der Waals surface area contributed by atoms with Crippen LogP contribution in [0.1, 0.15) is 133 Å². The number of rotatable bonds is 4. The predicted molar refractivity (Wildman–Crippen MR) is 239 cm³/mol. The molecule has 0 N–H and O–H groups in total. The van der Waals surface area contributed by atoms with E-state index in [2.05, 4.69) is 154 Å². The lowest BCUT2D eigenvalue weighted by molar-refractivity contribution is 1.10. The topological polar surface area (TPSA) is 0 Å². The van der Waals surface area contributed by atoms with Crippen LogP contribution in [0.25, 0.3) is 21.5 Å². The summed E-state index contributed by atoms with van der Waals surface area (Å²) < 4.78 is 0. The molecule has 52 heavy (non-hydrogen) atoms. The van der Waals surface area contributed by atoms with Gasteiger partial charge in [0, 0.05) is 0 Å². The van der Waals surface area contributed by atoms with Gasteiger partial charge in [0.15, 0.2) is 0 Å². The van der Waals surface area contributed by atoms with E-state index >= 15 is 0 Å². The Kier molecular flexibility index (Phi) is 20.0. The molecule has 0 unspecified atom stereocenters. The van der Waals surface area contributed by atoms with Crippen molar-refractivity contribution in [3.8, 4) is 0 Å². The Morgan fingerprint density at radius 1 is 0.269 bits per heavy atom. The van der Waals surface area contributed by atoms with Crippen LogP contribution >= 0.6 is 0 Å². The second-order valence-electron chi connectivity index (χ2n) is 12.9. The Bertz CT molecular complexity index is 1860. The summed E-state index contributed by atoms with van der Waals surface area (Å²) in [5.41, 5.74) is 20.0. The third-order valence-corrected chi connectivity index (χ3v) is 10.6. The molecule has 0 heteroatoms. The average Bonchev–Trinajstić information content (AvgIpc) is 3.19. The molecule has 0 nitrogen and oxygen atoms in total.